The van der Waals surface area contributed by atoms with Gasteiger partial charge in [0.15, 0.2) is 0 Å². The maximum Gasteiger partial charge on any atom is 0.0527 e. The monoisotopic (exact) mass is 231 g/mol. The topological polar surface area (TPSA) is 32.3 Å². The standard InChI is InChI=1S/C15H21NO/c17-11-15(7-1-8-15)14-4-2-12(3-5-14)13-6-9-16-10-13/h2-5,13,16-17H,1,6-11H2. The number of hydrogen-bond donors (Lipinski definition) is 2. The Labute approximate surface area is 103 Å². The molecule has 1 saturated carbocycles. The summed E-state index contributed by atoms with van der Waals surface area (Å²) in [6, 6.07) is 9.01. The molecule has 1 atom stereocenters. The molecule has 1 aliphatic carbocycles. The minimum absolute atomic E-state index is 0.0897. The van der Waals surface area contributed by atoms with Crippen LogP contribution in [0.5, 0.6) is 0 Å². The zero-order valence-corrected chi connectivity index (χ0v) is 10.3. The molecule has 2 N–H and O–H groups in total. The summed E-state index contributed by atoms with van der Waals surface area (Å²) in [5.74, 6) is 0.690. The minimum Gasteiger partial charge on any atom is -0.395 e. The molecule has 2 fully saturated rings. The Kier molecular flexibility index (Phi) is 2.93. The number of aliphatic hydroxyl groups is 1. The van der Waals surface area contributed by atoms with E-state index in [1.165, 1.54) is 24.0 Å². The third kappa shape index (κ3) is 1.90. The Morgan fingerprint density at radius 2 is 2.00 bits per heavy atom. The lowest BCUT2D eigenvalue weighted by Gasteiger charge is -2.41. The van der Waals surface area contributed by atoms with Gasteiger partial charge in [0, 0.05) is 12.0 Å². The van der Waals surface area contributed by atoms with Gasteiger partial charge in [0.25, 0.3) is 0 Å². The molecule has 2 nitrogen and oxygen atoms in total. The molecule has 0 radical (unpaired) electrons. The summed E-state index contributed by atoms with van der Waals surface area (Å²) in [7, 11) is 0. The van der Waals surface area contributed by atoms with Crippen molar-refractivity contribution in [3.05, 3.63) is 35.4 Å². The lowest BCUT2D eigenvalue weighted by Crippen LogP contribution is -2.37. The highest BCUT2D eigenvalue weighted by atomic mass is 16.3. The highest BCUT2D eigenvalue weighted by Gasteiger charge is 2.37. The van der Waals surface area contributed by atoms with Crippen molar-refractivity contribution >= 4 is 0 Å². The van der Waals surface area contributed by atoms with Gasteiger partial charge in [-0.25, -0.2) is 0 Å². The Morgan fingerprint density at radius 3 is 2.47 bits per heavy atom. The van der Waals surface area contributed by atoms with E-state index >= 15 is 0 Å². The normalized spacial score (nSPS) is 26.8. The molecule has 2 heteroatoms. The van der Waals surface area contributed by atoms with Crippen LogP contribution in [0.4, 0.5) is 0 Å². The van der Waals surface area contributed by atoms with Crippen LogP contribution in [0.15, 0.2) is 24.3 Å². The van der Waals surface area contributed by atoms with Gasteiger partial charge in [-0.2, -0.15) is 0 Å². The summed E-state index contributed by atoms with van der Waals surface area (Å²) in [5, 5.41) is 13.0. The second kappa shape index (κ2) is 4.43. The van der Waals surface area contributed by atoms with Gasteiger partial charge in [-0.05, 0) is 42.9 Å². The molecular formula is C15H21NO. The minimum atomic E-state index is 0.0897. The van der Waals surface area contributed by atoms with Gasteiger partial charge in [-0.1, -0.05) is 30.7 Å². The van der Waals surface area contributed by atoms with E-state index in [1.807, 2.05) is 0 Å². The van der Waals surface area contributed by atoms with Crippen molar-refractivity contribution in [2.24, 2.45) is 0 Å². The van der Waals surface area contributed by atoms with Crippen LogP contribution in [-0.2, 0) is 5.41 Å². The molecular weight excluding hydrogens is 210 g/mol. The molecule has 1 unspecified atom stereocenters. The molecule has 1 aliphatic heterocycles. The van der Waals surface area contributed by atoms with Gasteiger partial charge in [0.1, 0.15) is 0 Å². The Bertz CT molecular complexity index is 369. The number of nitrogens with one attached hydrogen (secondary N) is 1. The molecule has 0 spiro atoms. The second-order valence-corrected chi connectivity index (χ2v) is 5.60. The van der Waals surface area contributed by atoms with Crippen LogP contribution < -0.4 is 5.32 Å². The third-order valence-electron chi connectivity index (χ3n) is 4.67. The zero-order valence-electron chi connectivity index (χ0n) is 10.3. The van der Waals surface area contributed by atoms with Gasteiger partial charge >= 0.3 is 0 Å². The summed E-state index contributed by atoms with van der Waals surface area (Å²) in [4.78, 5) is 0. The summed E-state index contributed by atoms with van der Waals surface area (Å²) in [6.45, 7) is 2.56. The lowest BCUT2D eigenvalue weighted by atomic mass is 9.65. The summed E-state index contributed by atoms with van der Waals surface area (Å²) >= 11 is 0. The van der Waals surface area contributed by atoms with Crippen molar-refractivity contribution in [2.75, 3.05) is 19.7 Å². The van der Waals surface area contributed by atoms with E-state index in [0.29, 0.717) is 12.5 Å². The molecule has 3 rings (SSSR count). The van der Waals surface area contributed by atoms with Crippen molar-refractivity contribution in [3.63, 3.8) is 0 Å². The molecule has 1 heterocycles. The summed E-state index contributed by atoms with van der Waals surface area (Å²) in [6.07, 6.45) is 4.81. The van der Waals surface area contributed by atoms with E-state index in [2.05, 4.69) is 29.6 Å². The third-order valence-corrected chi connectivity index (χ3v) is 4.67. The fourth-order valence-electron chi connectivity index (χ4n) is 3.19. The highest BCUT2D eigenvalue weighted by Crippen LogP contribution is 2.43. The molecule has 1 aromatic carbocycles. The van der Waals surface area contributed by atoms with E-state index in [9.17, 15) is 5.11 Å². The number of aliphatic hydroxyl groups excluding tert-OH is 1. The van der Waals surface area contributed by atoms with E-state index in [4.69, 9.17) is 0 Å². The highest BCUT2D eigenvalue weighted by molar-refractivity contribution is 5.33. The Hall–Kier alpha value is -0.860. The van der Waals surface area contributed by atoms with Gasteiger partial charge in [0.2, 0.25) is 0 Å². The number of rotatable bonds is 3. The van der Waals surface area contributed by atoms with Crippen molar-refractivity contribution in [2.45, 2.75) is 37.0 Å². The zero-order chi connectivity index (χ0) is 11.7. The van der Waals surface area contributed by atoms with Crippen LogP contribution in [0.1, 0.15) is 42.7 Å². The van der Waals surface area contributed by atoms with Gasteiger partial charge < -0.3 is 10.4 Å². The molecule has 17 heavy (non-hydrogen) atoms. The second-order valence-electron chi connectivity index (χ2n) is 5.60. The molecule has 92 valence electrons. The maximum atomic E-state index is 9.56. The average molecular weight is 231 g/mol. The molecule has 0 amide bonds. The van der Waals surface area contributed by atoms with Crippen LogP contribution >= 0.6 is 0 Å². The fourth-order valence-corrected chi connectivity index (χ4v) is 3.19. The SMILES string of the molecule is OCC1(c2ccc(C3CCNC3)cc2)CCC1. The van der Waals surface area contributed by atoms with Crippen LogP contribution in [0, 0.1) is 0 Å². The fraction of sp³-hybridized carbons (Fsp3) is 0.600. The van der Waals surface area contributed by atoms with Crippen molar-refractivity contribution in [3.8, 4) is 0 Å². The first-order valence-corrected chi connectivity index (χ1v) is 6.76. The van der Waals surface area contributed by atoms with E-state index in [0.717, 1.165) is 25.9 Å². The van der Waals surface area contributed by atoms with Crippen molar-refractivity contribution < 1.29 is 5.11 Å². The molecule has 1 aromatic rings. The van der Waals surface area contributed by atoms with Gasteiger partial charge in [0.05, 0.1) is 6.61 Å². The lowest BCUT2D eigenvalue weighted by molar-refractivity contribution is 0.120. The predicted octanol–water partition coefficient (Wildman–Crippen LogP) is 2.18. The van der Waals surface area contributed by atoms with Crippen LogP contribution in [0.25, 0.3) is 0 Å². The molecule has 1 saturated heterocycles. The number of hydrogen-bond acceptors (Lipinski definition) is 2. The first kappa shape index (κ1) is 11.2. The van der Waals surface area contributed by atoms with Gasteiger partial charge in [-0.3, -0.25) is 0 Å². The van der Waals surface area contributed by atoms with E-state index in [1.54, 1.807) is 0 Å². The molecule has 0 bridgehead atoms. The predicted molar refractivity (Wildman–Crippen MR) is 69.3 cm³/mol. The summed E-state index contributed by atoms with van der Waals surface area (Å²) in [5.41, 5.74) is 2.87. The largest absolute Gasteiger partial charge is 0.395 e. The van der Waals surface area contributed by atoms with Crippen molar-refractivity contribution in [1.82, 2.24) is 5.32 Å². The van der Waals surface area contributed by atoms with Gasteiger partial charge in [-0.15, -0.1) is 0 Å². The average Bonchev–Trinajstić information content (AvgIpc) is 2.83. The van der Waals surface area contributed by atoms with Crippen molar-refractivity contribution in [1.29, 1.82) is 0 Å². The summed E-state index contributed by atoms with van der Waals surface area (Å²) < 4.78 is 0. The van der Waals surface area contributed by atoms with Crippen LogP contribution in [0.3, 0.4) is 0 Å². The smallest absolute Gasteiger partial charge is 0.0527 e. The van der Waals surface area contributed by atoms with E-state index in [-0.39, 0.29) is 5.41 Å². The quantitative estimate of drug-likeness (QED) is 0.835. The molecule has 2 aliphatic rings. The van der Waals surface area contributed by atoms with Crippen LogP contribution in [0.2, 0.25) is 0 Å². The first-order chi connectivity index (χ1) is 8.34. The maximum absolute atomic E-state index is 9.56. The van der Waals surface area contributed by atoms with E-state index < -0.39 is 0 Å². The molecule has 0 aromatic heterocycles. The number of benzene rings is 1. The van der Waals surface area contributed by atoms with Crippen LogP contribution in [-0.4, -0.2) is 24.8 Å². The Morgan fingerprint density at radius 1 is 1.24 bits per heavy atom. The Balaban J connectivity index is 1.79. The first-order valence-electron chi connectivity index (χ1n) is 6.76.